The topological polar surface area (TPSA) is 61.5 Å². The van der Waals surface area contributed by atoms with E-state index in [2.05, 4.69) is 22.2 Å². The number of aromatic nitrogens is 4. The Hall–Kier alpha value is -1.80. The molecule has 0 saturated carbocycles. The molecule has 0 radical (unpaired) electrons. The summed E-state index contributed by atoms with van der Waals surface area (Å²) in [6, 6.07) is 5.86. The Bertz CT molecular complexity index is 814. The Morgan fingerprint density at radius 1 is 1.27 bits per heavy atom. The lowest BCUT2D eigenvalue weighted by atomic mass is 10.2. The molecular weight excluding hydrogens is 320 g/mol. The Morgan fingerprint density at radius 2 is 2.18 bits per heavy atom. The molecule has 4 rings (SSSR count). The highest BCUT2D eigenvalue weighted by Crippen LogP contribution is 2.37. The van der Waals surface area contributed by atoms with Gasteiger partial charge in [-0.3, -0.25) is 0 Å². The first-order valence-corrected chi connectivity index (χ1v) is 9.01. The van der Waals surface area contributed by atoms with Crippen molar-refractivity contribution < 1.29 is 9.47 Å². The van der Waals surface area contributed by atoms with Gasteiger partial charge in [-0.15, -0.1) is 10.2 Å². The van der Waals surface area contributed by atoms with Crippen molar-refractivity contribution in [3.63, 3.8) is 0 Å². The number of hydrogen-bond acceptors (Lipinski definition) is 7. The van der Waals surface area contributed by atoms with Crippen LogP contribution in [0.5, 0.6) is 11.5 Å². The molecule has 8 heteroatoms. The fourth-order valence-corrected chi connectivity index (χ4v) is 3.85. The summed E-state index contributed by atoms with van der Waals surface area (Å²) in [7, 11) is 0. The molecule has 22 heavy (non-hydrogen) atoms. The third-order valence-electron chi connectivity index (χ3n) is 3.25. The van der Waals surface area contributed by atoms with Gasteiger partial charge in [-0.2, -0.15) is 21.4 Å². The SMILES string of the molecule is CCCSCc1nnc2sc(-c3ccc4c(c3)OCO4)nn12. The van der Waals surface area contributed by atoms with Crippen LogP contribution in [0.1, 0.15) is 19.2 Å². The van der Waals surface area contributed by atoms with E-state index in [1.54, 1.807) is 0 Å². The standard InChI is InChI=1S/C14H14N4O2S2/c1-2-5-21-7-12-15-16-14-18(12)17-13(22-14)9-3-4-10-11(6-9)20-8-19-10/h3-4,6H,2,5,7-8H2,1H3. The molecule has 0 spiro atoms. The van der Waals surface area contributed by atoms with Crippen molar-refractivity contribution in [2.45, 2.75) is 19.1 Å². The van der Waals surface area contributed by atoms with Crippen LogP contribution in [0, 0.1) is 0 Å². The molecular formula is C14H14N4O2S2. The monoisotopic (exact) mass is 334 g/mol. The zero-order valence-electron chi connectivity index (χ0n) is 12.0. The van der Waals surface area contributed by atoms with Crippen LogP contribution in [0.25, 0.3) is 15.5 Å². The van der Waals surface area contributed by atoms with E-state index in [1.807, 2.05) is 34.5 Å². The maximum absolute atomic E-state index is 5.42. The summed E-state index contributed by atoms with van der Waals surface area (Å²) in [6.07, 6.45) is 1.16. The second kappa shape index (κ2) is 5.77. The average molecular weight is 334 g/mol. The van der Waals surface area contributed by atoms with E-state index in [0.717, 1.165) is 50.8 Å². The Balaban J connectivity index is 1.65. The minimum Gasteiger partial charge on any atom is -0.454 e. The van der Waals surface area contributed by atoms with E-state index in [0.29, 0.717) is 0 Å². The first-order valence-electron chi connectivity index (χ1n) is 7.04. The Labute approximate surface area is 135 Å². The van der Waals surface area contributed by atoms with E-state index >= 15 is 0 Å². The van der Waals surface area contributed by atoms with Gasteiger partial charge in [-0.1, -0.05) is 18.3 Å². The summed E-state index contributed by atoms with van der Waals surface area (Å²) < 4.78 is 12.6. The summed E-state index contributed by atoms with van der Waals surface area (Å²) in [5.74, 6) is 4.40. The third-order valence-corrected chi connectivity index (χ3v) is 5.36. The van der Waals surface area contributed by atoms with Crippen LogP contribution in [0.15, 0.2) is 18.2 Å². The minimum atomic E-state index is 0.280. The number of thioether (sulfide) groups is 1. The van der Waals surface area contributed by atoms with E-state index in [4.69, 9.17) is 9.47 Å². The van der Waals surface area contributed by atoms with Gasteiger partial charge in [0, 0.05) is 5.56 Å². The van der Waals surface area contributed by atoms with Crippen molar-refractivity contribution in [1.82, 2.24) is 19.8 Å². The molecule has 1 aliphatic heterocycles. The lowest BCUT2D eigenvalue weighted by Gasteiger charge is -1.99. The summed E-state index contributed by atoms with van der Waals surface area (Å²) in [6.45, 7) is 2.45. The number of hydrogen-bond donors (Lipinski definition) is 0. The van der Waals surface area contributed by atoms with E-state index in [9.17, 15) is 0 Å². The van der Waals surface area contributed by atoms with Gasteiger partial charge >= 0.3 is 0 Å². The highest BCUT2D eigenvalue weighted by Gasteiger charge is 2.17. The van der Waals surface area contributed by atoms with E-state index in [-0.39, 0.29) is 6.79 Å². The van der Waals surface area contributed by atoms with Crippen molar-refractivity contribution >= 4 is 28.1 Å². The second-order valence-corrected chi connectivity index (χ2v) is 6.90. The molecule has 1 aliphatic rings. The van der Waals surface area contributed by atoms with Gasteiger partial charge in [-0.05, 0) is 30.4 Å². The predicted molar refractivity (Wildman–Crippen MR) is 86.7 cm³/mol. The summed E-state index contributed by atoms with van der Waals surface area (Å²) in [5, 5.41) is 14.0. The van der Waals surface area contributed by atoms with Crippen LogP contribution in [0.4, 0.5) is 0 Å². The Kier molecular flexibility index (Phi) is 3.63. The van der Waals surface area contributed by atoms with Crippen LogP contribution >= 0.6 is 23.1 Å². The molecule has 0 fully saturated rings. The molecule has 0 amide bonds. The minimum absolute atomic E-state index is 0.280. The highest BCUT2D eigenvalue weighted by atomic mass is 32.2. The van der Waals surface area contributed by atoms with Gasteiger partial charge in [-0.25, -0.2) is 0 Å². The van der Waals surface area contributed by atoms with Crippen molar-refractivity contribution in [3.05, 3.63) is 24.0 Å². The summed E-state index contributed by atoms with van der Waals surface area (Å²) >= 11 is 3.38. The maximum atomic E-state index is 5.42. The molecule has 2 aromatic heterocycles. The fourth-order valence-electron chi connectivity index (χ4n) is 2.20. The Morgan fingerprint density at radius 3 is 3.09 bits per heavy atom. The van der Waals surface area contributed by atoms with Crippen LogP contribution in [0.2, 0.25) is 0 Å². The van der Waals surface area contributed by atoms with Gasteiger partial charge in [0.15, 0.2) is 17.3 Å². The maximum Gasteiger partial charge on any atom is 0.235 e. The van der Waals surface area contributed by atoms with Gasteiger partial charge in [0.05, 0.1) is 5.75 Å². The van der Waals surface area contributed by atoms with Gasteiger partial charge in [0.1, 0.15) is 5.01 Å². The lowest BCUT2D eigenvalue weighted by molar-refractivity contribution is 0.174. The number of nitrogens with zero attached hydrogens (tertiary/aromatic N) is 4. The first kappa shape index (κ1) is 13.8. The third kappa shape index (κ3) is 2.42. The molecule has 3 heterocycles. The largest absolute Gasteiger partial charge is 0.454 e. The molecule has 0 N–H and O–H groups in total. The molecule has 0 unspecified atom stereocenters. The number of benzene rings is 1. The number of fused-ring (bicyclic) bond motifs is 2. The smallest absolute Gasteiger partial charge is 0.235 e. The van der Waals surface area contributed by atoms with Crippen molar-refractivity contribution in [2.75, 3.05) is 12.5 Å². The van der Waals surface area contributed by atoms with E-state index in [1.165, 1.54) is 11.3 Å². The van der Waals surface area contributed by atoms with Crippen LogP contribution in [-0.2, 0) is 5.75 Å². The van der Waals surface area contributed by atoms with Crippen molar-refractivity contribution in [3.8, 4) is 22.1 Å². The molecule has 0 saturated heterocycles. The van der Waals surface area contributed by atoms with Crippen LogP contribution < -0.4 is 9.47 Å². The van der Waals surface area contributed by atoms with Crippen molar-refractivity contribution in [2.24, 2.45) is 0 Å². The molecule has 3 aromatic rings. The molecule has 6 nitrogen and oxygen atoms in total. The van der Waals surface area contributed by atoms with Crippen molar-refractivity contribution in [1.29, 1.82) is 0 Å². The van der Waals surface area contributed by atoms with Gasteiger partial charge in [0.2, 0.25) is 11.8 Å². The van der Waals surface area contributed by atoms with Crippen LogP contribution in [-0.4, -0.2) is 32.4 Å². The number of ether oxygens (including phenoxy) is 2. The molecule has 0 aliphatic carbocycles. The predicted octanol–water partition coefficient (Wildman–Crippen LogP) is 3.22. The summed E-state index contributed by atoms with van der Waals surface area (Å²) in [4.78, 5) is 0.819. The zero-order valence-corrected chi connectivity index (χ0v) is 13.6. The molecule has 0 atom stereocenters. The normalized spacial score (nSPS) is 13.1. The van der Waals surface area contributed by atoms with Crippen LogP contribution in [0.3, 0.4) is 0 Å². The zero-order chi connectivity index (χ0) is 14.9. The van der Waals surface area contributed by atoms with E-state index < -0.39 is 0 Å². The fraction of sp³-hybridized carbons (Fsp3) is 0.357. The average Bonchev–Trinajstić information content (AvgIpc) is 3.22. The molecule has 1 aromatic carbocycles. The van der Waals surface area contributed by atoms with Gasteiger partial charge in [0.25, 0.3) is 0 Å². The molecule has 114 valence electrons. The quantitative estimate of drug-likeness (QED) is 0.668. The number of rotatable bonds is 5. The first-order chi connectivity index (χ1) is 10.8. The highest BCUT2D eigenvalue weighted by molar-refractivity contribution is 7.98. The molecule has 0 bridgehead atoms. The summed E-state index contributed by atoms with van der Waals surface area (Å²) in [5.41, 5.74) is 1.01. The lowest BCUT2D eigenvalue weighted by Crippen LogP contribution is -1.94. The van der Waals surface area contributed by atoms with Gasteiger partial charge < -0.3 is 9.47 Å². The second-order valence-electron chi connectivity index (χ2n) is 4.84.